The average Bonchev–Trinajstić information content (AvgIpc) is 2.75. The van der Waals surface area contributed by atoms with Crippen molar-refractivity contribution in [3.05, 3.63) is 48.0 Å². The Labute approximate surface area is 193 Å². The molecule has 0 heterocycles. The lowest BCUT2D eigenvalue weighted by atomic mass is 10.0. The molecule has 2 aromatic carbocycles. The van der Waals surface area contributed by atoms with Crippen LogP contribution in [0.5, 0.6) is 17.2 Å². The zero-order valence-corrected chi connectivity index (χ0v) is 20.1. The Morgan fingerprint density at radius 1 is 0.750 bits per heavy atom. The molecule has 0 bridgehead atoms. The molecule has 2 aromatic rings. The van der Waals surface area contributed by atoms with E-state index >= 15 is 0 Å². The highest BCUT2D eigenvalue weighted by Crippen LogP contribution is 2.39. The Morgan fingerprint density at radius 3 is 1.81 bits per heavy atom. The highest BCUT2D eigenvalue weighted by molar-refractivity contribution is 7.86. The summed E-state index contributed by atoms with van der Waals surface area (Å²) in [5, 5.41) is 10.1. The number of aryl methyl sites for hydroxylation is 1. The van der Waals surface area contributed by atoms with Crippen molar-refractivity contribution in [2.45, 2.75) is 95.3 Å². The summed E-state index contributed by atoms with van der Waals surface area (Å²) in [4.78, 5) is -0.571. The Kier molecular flexibility index (Phi) is 11.6. The predicted molar refractivity (Wildman–Crippen MR) is 129 cm³/mol. The number of hydrogen-bond donors (Lipinski definition) is 2. The van der Waals surface area contributed by atoms with E-state index in [2.05, 4.69) is 6.92 Å². The number of phenols is 1. The summed E-state index contributed by atoms with van der Waals surface area (Å²) in [7, 11) is -4.64. The third-order valence-electron chi connectivity index (χ3n) is 5.69. The van der Waals surface area contributed by atoms with Crippen LogP contribution in [-0.2, 0) is 16.5 Å². The molecule has 0 atom stereocenters. The summed E-state index contributed by atoms with van der Waals surface area (Å²) in [6, 6.07) is 11.7. The Hall–Kier alpha value is -2.05. The number of aromatic hydroxyl groups is 1. The van der Waals surface area contributed by atoms with Gasteiger partial charge in [-0.2, -0.15) is 8.42 Å². The minimum Gasteiger partial charge on any atom is -0.506 e. The Balaban J connectivity index is 1.85. The summed E-state index contributed by atoms with van der Waals surface area (Å²) in [6.07, 6.45) is 15.5. The lowest BCUT2D eigenvalue weighted by molar-refractivity contribution is 0.411. The van der Waals surface area contributed by atoms with Crippen LogP contribution < -0.4 is 4.74 Å². The molecule has 0 unspecified atom stereocenters. The van der Waals surface area contributed by atoms with Gasteiger partial charge in [0.1, 0.15) is 11.5 Å². The lowest BCUT2D eigenvalue weighted by Gasteiger charge is -2.15. The van der Waals surface area contributed by atoms with Gasteiger partial charge in [0.05, 0.1) is 0 Å². The van der Waals surface area contributed by atoms with E-state index in [9.17, 15) is 18.1 Å². The van der Waals surface area contributed by atoms with Gasteiger partial charge in [0.2, 0.25) is 0 Å². The largest absolute Gasteiger partial charge is 0.506 e. The van der Waals surface area contributed by atoms with Crippen molar-refractivity contribution in [2.24, 2.45) is 0 Å². The number of ether oxygens (including phenoxy) is 1. The minimum absolute atomic E-state index is 0.00164. The van der Waals surface area contributed by atoms with Crippen molar-refractivity contribution in [3.8, 4) is 17.2 Å². The lowest BCUT2D eigenvalue weighted by Crippen LogP contribution is -2.04. The molecule has 32 heavy (non-hydrogen) atoms. The number of benzene rings is 2. The number of phenolic OH excluding ortho intramolecular Hbond substituents is 1. The molecule has 5 nitrogen and oxygen atoms in total. The van der Waals surface area contributed by atoms with E-state index in [4.69, 9.17) is 4.74 Å². The van der Waals surface area contributed by atoms with E-state index in [-0.39, 0.29) is 5.75 Å². The molecule has 0 aliphatic heterocycles. The van der Waals surface area contributed by atoms with Gasteiger partial charge in [-0.3, -0.25) is 4.55 Å². The van der Waals surface area contributed by atoms with Crippen LogP contribution in [0.2, 0.25) is 0 Å². The fraction of sp³-hybridized carbons (Fsp3) is 0.538. The molecule has 2 N–H and O–H groups in total. The third-order valence-corrected chi connectivity index (χ3v) is 6.60. The van der Waals surface area contributed by atoms with E-state index in [1.165, 1.54) is 63.9 Å². The second-order valence-electron chi connectivity index (χ2n) is 8.43. The molecule has 0 fully saturated rings. The van der Waals surface area contributed by atoms with Gasteiger partial charge in [0.15, 0.2) is 10.6 Å². The Morgan fingerprint density at radius 2 is 1.28 bits per heavy atom. The summed E-state index contributed by atoms with van der Waals surface area (Å²) in [6.45, 7) is 2.24. The zero-order chi connectivity index (χ0) is 23.2. The van der Waals surface area contributed by atoms with Crippen LogP contribution in [0.3, 0.4) is 0 Å². The molecule has 0 saturated heterocycles. The van der Waals surface area contributed by atoms with Gasteiger partial charge in [-0.15, -0.1) is 0 Å². The standard InChI is InChI=1S/C26H38O5S/c1-2-3-4-5-6-7-8-9-10-11-12-14-17-22-20-21-24(27)26(32(28,29)30)25(22)31-23-18-15-13-16-19-23/h13,15-16,18-21,27H,2-12,14,17H2,1H3,(H,28,29,30). The van der Waals surface area contributed by atoms with Gasteiger partial charge in [0.25, 0.3) is 0 Å². The molecule has 0 amide bonds. The van der Waals surface area contributed by atoms with Crippen molar-refractivity contribution < 1.29 is 22.8 Å². The van der Waals surface area contributed by atoms with Gasteiger partial charge in [-0.25, -0.2) is 0 Å². The zero-order valence-electron chi connectivity index (χ0n) is 19.3. The number of rotatable bonds is 16. The van der Waals surface area contributed by atoms with Crippen LogP contribution in [0.1, 0.15) is 89.5 Å². The van der Waals surface area contributed by atoms with Gasteiger partial charge in [-0.1, -0.05) is 102 Å². The third kappa shape index (κ3) is 9.21. The van der Waals surface area contributed by atoms with E-state index in [0.717, 1.165) is 19.3 Å². The summed E-state index contributed by atoms with van der Waals surface area (Å²) < 4.78 is 39.3. The first-order valence-electron chi connectivity index (χ1n) is 12.0. The molecular formula is C26H38O5S. The maximum atomic E-state index is 11.9. The van der Waals surface area contributed by atoms with E-state index in [0.29, 0.717) is 17.7 Å². The topological polar surface area (TPSA) is 83.8 Å². The second-order valence-corrected chi connectivity index (χ2v) is 9.79. The minimum atomic E-state index is -4.64. The quantitative estimate of drug-likeness (QED) is 0.197. The monoisotopic (exact) mass is 462 g/mol. The van der Waals surface area contributed by atoms with Crippen molar-refractivity contribution in [3.63, 3.8) is 0 Å². The summed E-state index contributed by atoms with van der Waals surface area (Å²) in [5.74, 6) is -0.0717. The first kappa shape index (κ1) is 26.2. The molecule has 0 aliphatic carbocycles. The van der Waals surface area contributed by atoms with Crippen LogP contribution in [0.25, 0.3) is 0 Å². The van der Waals surface area contributed by atoms with Crippen LogP contribution in [-0.4, -0.2) is 18.1 Å². The molecule has 0 spiro atoms. The summed E-state index contributed by atoms with van der Waals surface area (Å²) in [5.41, 5.74) is 0.659. The van der Waals surface area contributed by atoms with Crippen molar-refractivity contribution in [2.75, 3.05) is 0 Å². The predicted octanol–water partition coefficient (Wildman–Crippen LogP) is 7.67. The van der Waals surface area contributed by atoms with Crippen molar-refractivity contribution in [1.82, 2.24) is 0 Å². The molecule has 0 saturated carbocycles. The highest BCUT2D eigenvalue weighted by Gasteiger charge is 2.25. The second kappa shape index (κ2) is 14.2. The van der Waals surface area contributed by atoms with Gasteiger partial charge >= 0.3 is 10.1 Å². The molecular weight excluding hydrogens is 424 g/mol. The first-order valence-corrected chi connectivity index (χ1v) is 13.4. The van der Waals surface area contributed by atoms with Crippen LogP contribution >= 0.6 is 0 Å². The molecule has 0 aromatic heterocycles. The molecule has 0 aliphatic rings. The number of para-hydroxylation sites is 1. The number of unbranched alkanes of at least 4 members (excludes halogenated alkanes) is 11. The molecule has 6 heteroatoms. The molecule has 178 valence electrons. The fourth-order valence-electron chi connectivity index (χ4n) is 3.91. The number of hydrogen-bond acceptors (Lipinski definition) is 4. The van der Waals surface area contributed by atoms with Crippen LogP contribution in [0, 0.1) is 0 Å². The maximum absolute atomic E-state index is 11.9. The highest BCUT2D eigenvalue weighted by atomic mass is 32.2. The fourth-order valence-corrected chi connectivity index (χ4v) is 4.65. The van der Waals surface area contributed by atoms with E-state index in [1.807, 2.05) is 6.07 Å². The smallest absolute Gasteiger partial charge is 0.301 e. The van der Waals surface area contributed by atoms with Crippen LogP contribution in [0.4, 0.5) is 0 Å². The van der Waals surface area contributed by atoms with Crippen molar-refractivity contribution >= 4 is 10.1 Å². The normalized spacial score (nSPS) is 11.6. The maximum Gasteiger partial charge on any atom is 0.301 e. The van der Waals surface area contributed by atoms with Gasteiger partial charge in [-0.05, 0) is 36.6 Å². The summed E-state index contributed by atoms with van der Waals surface area (Å²) >= 11 is 0. The SMILES string of the molecule is CCCCCCCCCCCCCCc1ccc(O)c(S(=O)(=O)O)c1Oc1ccccc1. The van der Waals surface area contributed by atoms with Gasteiger partial charge in [0, 0.05) is 0 Å². The van der Waals surface area contributed by atoms with Crippen LogP contribution in [0.15, 0.2) is 47.4 Å². The van der Waals surface area contributed by atoms with E-state index < -0.39 is 20.8 Å². The molecule has 2 rings (SSSR count). The van der Waals surface area contributed by atoms with Crippen molar-refractivity contribution in [1.29, 1.82) is 0 Å². The Bertz CT molecular complexity index is 894. The first-order chi connectivity index (χ1) is 15.4. The average molecular weight is 463 g/mol. The van der Waals surface area contributed by atoms with Gasteiger partial charge < -0.3 is 9.84 Å². The van der Waals surface area contributed by atoms with E-state index in [1.54, 1.807) is 30.3 Å². The molecule has 0 radical (unpaired) electrons.